The Morgan fingerprint density at radius 1 is 0.705 bits per heavy atom. The minimum atomic E-state index is -3.57. The van der Waals surface area contributed by atoms with Crippen molar-refractivity contribution < 1.29 is 27.4 Å². The van der Waals surface area contributed by atoms with E-state index in [1.807, 2.05) is 103 Å². The minimum Gasteiger partial charge on any atom is -0.374 e. The molecule has 7 heteroatoms. The third-order valence-electron chi connectivity index (χ3n) is 8.45. The highest BCUT2D eigenvalue weighted by Crippen LogP contribution is 2.47. The van der Waals surface area contributed by atoms with E-state index in [2.05, 4.69) is 6.92 Å². The molecule has 0 aromatic heterocycles. The first-order chi connectivity index (χ1) is 21.5. The summed E-state index contributed by atoms with van der Waals surface area (Å²) in [5.41, 5.74) is 4.92. The zero-order valence-corrected chi connectivity index (χ0v) is 25.9. The van der Waals surface area contributed by atoms with Gasteiger partial charge in [0.15, 0.2) is 9.84 Å². The minimum absolute atomic E-state index is 0.0694. The molecule has 0 radical (unpaired) electrons. The molecule has 0 amide bonds. The molecule has 0 aliphatic carbocycles. The van der Waals surface area contributed by atoms with E-state index in [0.29, 0.717) is 24.7 Å². The van der Waals surface area contributed by atoms with E-state index in [1.54, 1.807) is 6.07 Å². The summed E-state index contributed by atoms with van der Waals surface area (Å²) in [6, 6.07) is 35.7. The number of aryl methyl sites for hydroxylation is 1. The van der Waals surface area contributed by atoms with Crippen LogP contribution in [0.25, 0.3) is 0 Å². The van der Waals surface area contributed by atoms with Crippen LogP contribution in [0.5, 0.6) is 0 Å². The van der Waals surface area contributed by atoms with Crippen LogP contribution in [0.4, 0.5) is 0 Å². The summed E-state index contributed by atoms with van der Waals surface area (Å²) in [6.07, 6.45) is -0.201. The van der Waals surface area contributed by atoms with Crippen LogP contribution in [0.1, 0.15) is 47.3 Å². The lowest BCUT2D eigenvalue weighted by Crippen LogP contribution is -2.57. The van der Waals surface area contributed by atoms with Crippen LogP contribution in [-0.4, -0.2) is 39.1 Å². The van der Waals surface area contributed by atoms with Crippen LogP contribution in [-0.2, 0) is 55.0 Å². The number of rotatable bonds is 12. The van der Waals surface area contributed by atoms with Gasteiger partial charge in [-0.15, -0.1) is 0 Å². The van der Waals surface area contributed by atoms with Crippen molar-refractivity contribution in [2.45, 2.75) is 68.9 Å². The topological polar surface area (TPSA) is 71.1 Å². The number of hydrogen-bond donors (Lipinski definition) is 0. The molecule has 6 rings (SSSR count). The highest BCUT2D eigenvalue weighted by Gasteiger charge is 2.52. The van der Waals surface area contributed by atoms with Crippen molar-refractivity contribution in [2.75, 3.05) is 12.4 Å². The van der Waals surface area contributed by atoms with Crippen LogP contribution in [0.3, 0.4) is 0 Å². The van der Waals surface area contributed by atoms with Crippen molar-refractivity contribution in [2.24, 2.45) is 5.92 Å². The second-order valence-corrected chi connectivity index (χ2v) is 13.7. The average molecular weight is 613 g/mol. The molecule has 5 atom stereocenters. The lowest BCUT2D eigenvalue weighted by atomic mass is 9.83. The quantitative estimate of drug-likeness (QED) is 0.174. The summed E-state index contributed by atoms with van der Waals surface area (Å²) < 4.78 is 53.9. The lowest BCUT2D eigenvalue weighted by Gasteiger charge is -2.48. The van der Waals surface area contributed by atoms with E-state index in [-0.39, 0.29) is 12.4 Å². The van der Waals surface area contributed by atoms with E-state index in [0.717, 1.165) is 40.7 Å². The molecule has 0 N–H and O–H groups in total. The molecular weight excluding hydrogens is 572 g/mol. The van der Waals surface area contributed by atoms with Crippen molar-refractivity contribution in [3.8, 4) is 0 Å². The molecule has 230 valence electrons. The van der Waals surface area contributed by atoms with Crippen LogP contribution in [0.2, 0.25) is 0 Å². The second kappa shape index (κ2) is 14.2. The SMILES string of the molecule is CCCc1ccc2c(c1)[C@H]1O[C@H](COCc3ccccc3)[C@@H](OCc3ccccc3)[C@H](OCc3ccccc3)[C@H]1CS2(=O)=O. The molecule has 6 nitrogen and oxygen atoms in total. The summed E-state index contributed by atoms with van der Waals surface area (Å²) >= 11 is 0. The van der Waals surface area contributed by atoms with Crippen molar-refractivity contribution in [3.63, 3.8) is 0 Å². The van der Waals surface area contributed by atoms with Gasteiger partial charge < -0.3 is 18.9 Å². The van der Waals surface area contributed by atoms with E-state index < -0.39 is 40.2 Å². The third-order valence-corrected chi connectivity index (χ3v) is 10.3. The van der Waals surface area contributed by atoms with Crippen LogP contribution in [0.15, 0.2) is 114 Å². The summed E-state index contributed by atoms with van der Waals surface area (Å²) in [4.78, 5) is 0.355. The number of hydrogen-bond acceptors (Lipinski definition) is 6. The second-order valence-electron chi connectivity index (χ2n) is 11.7. The van der Waals surface area contributed by atoms with Crippen LogP contribution < -0.4 is 0 Å². The average Bonchev–Trinajstić information content (AvgIpc) is 3.05. The number of ether oxygens (including phenoxy) is 4. The van der Waals surface area contributed by atoms with Crippen LogP contribution >= 0.6 is 0 Å². The predicted octanol–water partition coefficient (Wildman–Crippen LogP) is 6.87. The summed E-state index contributed by atoms with van der Waals surface area (Å²) in [6.45, 7) is 3.51. The molecule has 1 saturated heterocycles. The predicted molar refractivity (Wildman–Crippen MR) is 170 cm³/mol. The third kappa shape index (κ3) is 7.14. The lowest BCUT2D eigenvalue weighted by molar-refractivity contribution is -0.245. The molecule has 1 fully saturated rings. The van der Waals surface area contributed by atoms with Gasteiger partial charge in [0, 0.05) is 11.5 Å². The number of benzene rings is 4. The maximum absolute atomic E-state index is 13.7. The fourth-order valence-corrected chi connectivity index (χ4v) is 8.19. The maximum atomic E-state index is 13.7. The zero-order valence-electron chi connectivity index (χ0n) is 25.1. The molecule has 4 aromatic rings. The van der Waals surface area contributed by atoms with Gasteiger partial charge in [-0.3, -0.25) is 0 Å². The van der Waals surface area contributed by atoms with Crippen LogP contribution in [0, 0.1) is 5.92 Å². The Bertz CT molecular complexity index is 1590. The van der Waals surface area contributed by atoms with E-state index in [4.69, 9.17) is 18.9 Å². The first-order valence-corrected chi connectivity index (χ1v) is 17.1. The van der Waals surface area contributed by atoms with Crippen molar-refractivity contribution in [1.29, 1.82) is 0 Å². The van der Waals surface area contributed by atoms with Gasteiger partial charge in [-0.1, -0.05) is 116 Å². The van der Waals surface area contributed by atoms with Crippen molar-refractivity contribution >= 4 is 9.84 Å². The molecule has 2 heterocycles. The van der Waals surface area contributed by atoms with Gasteiger partial charge >= 0.3 is 0 Å². The summed E-state index contributed by atoms with van der Waals surface area (Å²) in [5, 5.41) is 0. The smallest absolute Gasteiger partial charge is 0.179 e. The van der Waals surface area contributed by atoms with E-state index in [1.165, 1.54) is 0 Å². The van der Waals surface area contributed by atoms with Gasteiger partial charge in [-0.05, 0) is 34.7 Å². The maximum Gasteiger partial charge on any atom is 0.179 e. The molecule has 2 aliphatic rings. The molecule has 0 spiro atoms. The largest absolute Gasteiger partial charge is 0.374 e. The molecule has 44 heavy (non-hydrogen) atoms. The number of fused-ring (bicyclic) bond motifs is 3. The fourth-order valence-electron chi connectivity index (χ4n) is 6.33. The fraction of sp³-hybridized carbons (Fsp3) is 0.351. The van der Waals surface area contributed by atoms with Crippen molar-refractivity contribution in [1.82, 2.24) is 0 Å². The molecule has 0 bridgehead atoms. The molecular formula is C37H40O6S. The van der Waals surface area contributed by atoms with E-state index in [9.17, 15) is 8.42 Å². The Morgan fingerprint density at radius 3 is 1.86 bits per heavy atom. The normalized spacial score (nSPS) is 23.9. The molecule has 4 aromatic carbocycles. The Hall–Kier alpha value is -3.33. The summed E-state index contributed by atoms with van der Waals surface area (Å²) in [5.74, 6) is -0.515. The Morgan fingerprint density at radius 2 is 1.27 bits per heavy atom. The Balaban J connectivity index is 1.35. The highest BCUT2D eigenvalue weighted by molar-refractivity contribution is 7.91. The first kappa shape index (κ1) is 30.7. The summed E-state index contributed by atoms with van der Waals surface area (Å²) in [7, 11) is -3.57. The Kier molecular flexibility index (Phi) is 9.89. The van der Waals surface area contributed by atoms with Gasteiger partial charge in [0.2, 0.25) is 0 Å². The van der Waals surface area contributed by atoms with Gasteiger partial charge in [-0.2, -0.15) is 0 Å². The number of sulfone groups is 1. The monoisotopic (exact) mass is 612 g/mol. The van der Waals surface area contributed by atoms with Gasteiger partial charge in [0.05, 0.1) is 49.3 Å². The van der Waals surface area contributed by atoms with Gasteiger partial charge in [0.1, 0.15) is 12.2 Å². The standard InChI is InChI=1S/C37H40O6S/c1-2-12-27-19-20-34-31(21-27)35-32(26-44(34,38)39)36(41-23-29-15-8-4-9-16-29)37(42-24-30-17-10-5-11-18-30)33(43-35)25-40-22-28-13-6-3-7-14-28/h3-11,13-21,32-33,35-37H,2,12,22-26H2,1H3/t32-,33+,35+,36+,37+/m0/s1. The first-order valence-electron chi connectivity index (χ1n) is 15.5. The zero-order chi connectivity index (χ0) is 30.4. The molecule has 2 aliphatic heterocycles. The molecule has 0 unspecified atom stereocenters. The van der Waals surface area contributed by atoms with Gasteiger partial charge in [-0.25, -0.2) is 8.42 Å². The van der Waals surface area contributed by atoms with Crippen molar-refractivity contribution in [3.05, 3.63) is 137 Å². The molecule has 0 saturated carbocycles. The van der Waals surface area contributed by atoms with E-state index >= 15 is 0 Å². The van der Waals surface area contributed by atoms with Gasteiger partial charge in [0.25, 0.3) is 0 Å². The highest BCUT2D eigenvalue weighted by atomic mass is 32.2. The Labute approximate surface area is 260 Å².